The van der Waals surface area contributed by atoms with Crippen LogP contribution < -0.4 is 0 Å². The quantitative estimate of drug-likeness (QED) is 0.505. The van der Waals surface area contributed by atoms with E-state index in [1.165, 1.54) is 13.2 Å². The van der Waals surface area contributed by atoms with Gasteiger partial charge < -0.3 is 19.7 Å². The van der Waals surface area contributed by atoms with Crippen molar-refractivity contribution in [3.8, 4) is 0 Å². The molecular formula is C17H30O5. The lowest BCUT2D eigenvalue weighted by atomic mass is 9.86. The Morgan fingerprint density at radius 2 is 2.00 bits per heavy atom. The van der Waals surface area contributed by atoms with Crippen LogP contribution in [0, 0.1) is 5.92 Å². The van der Waals surface area contributed by atoms with Crippen LogP contribution in [0.3, 0.4) is 0 Å². The number of ether oxygens (including phenoxy) is 2. The van der Waals surface area contributed by atoms with Gasteiger partial charge in [-0.25, -0.2) is 4.79 Å². The zero-order valence-corrected chi connectivity index (χ0v) is 14.4. The fraction of sp³-hybridized carbons (Fsp3) is 0.824. The van der Waals surface area contributed by atoms with E-state index in [4.69, 9.17) is 9.47 Å². The van der Waals surface area contributed by atoms with Crippen molar-refractivity contribution >= 4 is 5.97 Å². The Bertz CT molecular complexity index is 417. The average molecular weight is 314 g/mol. The number of methoxy groups -OCH3 is 1. The molecule has 1 aliphatic rings. The van der Waals surface area contributed by atoms with Crippen molar-refractivity contribution in [1.29, 1.82) is 0 Å². The predicted molar refractivity (Wildman–Crippen MR) is 84.1 cm³/mol. The Kier molecular flexibility index (Phi) is 6.59. The second kappa shape index (κ2) is 7.57. The van der Waals surface area contributed by atoms with Crippen molar-refractivity contribution in [3.05, 3.63) is 11.6 Å². The van der Waals surface area contributed by atoms with Crippen molar-refractivity contribution in [2.45, 2.75) is 77.3 Å². The lowest BCUT2D eigenvalue weighted by Crippen LogP contribution is -2.43. The van der Waals surface area contributed by atoms with Crippen LogP contribution >= 0.6 is 0 Å². The first-order valence-electron chi connectivity index (χ1n) is 8.12. The molecule has 1 rings (SSSR count). The highest BCUT2D eigenvalue weighted by Gasteiger charge is 2.47. The van der Waals surface area contributed by atoms with Crippen molar-refractivity contribution < 1.29 is 24.5 Å². The van der Waals surface area contributed by atoms with E-state index in [1.54, 1.807) is 20.8 Å². The predicted octanol–water partition coefficient (Wildman–Crippen LogP) is 2.55. The molecule has 1 heterocycles. The maximum absolute atomic E-state index is 12.0. The number of hydrogen-bond donors (Lipinski definition) is 2. The molecular weight excluding hydrogens is 284 g/mol. The molecule has 0 bridgehead atoms. The first-order valence-corrected chi connectivity index (χ1v) is 8.12. The Hall–Kier alpha value is -0.910. The summed E-state index contributed by atoms with van der Waals surface area (Å²) in [5.41, 5.74) is -0.795. The second-order valence-electron chi connectivity index (χ2n) is 6.63. The third-order valence-corrected chi connectivity index (χ3v) is 4.55. The second-order valence-corrected chi connectivity index (χ2v) is 6.63. The van der Waals surface area contributed by atoms with Crippen LogP contribution in [0.2, 0.25) is 0 Å². The van der Waals surface area contributed by atoms with Crippen LogP contribution in [0.4, 0.5) is 0 Å². The van der Waals surface area contributed by atoms with E-state index in [9.17, 15) is 15.0 Å². The summed E-state index contributed by atoms with van der Waals surface area (Å²) in [6.07, 6.45) is 5.06. The molecule has 0 aliphatic carbocycles. The van der Waals surface area contributed by atoms with E-state index >= 15 is 0 Å². The average Bonchev–Trinajstić information content (AvgIpc) is 2.79. The van der Waals surface area contributed by atoms with E-state index in [0.29, 0.717) is 6.42 Å². The summed E-state index contributed by atoms with van der Waals surface area (Å²) < 4.78 is 10.5. The van der Waals surface area contributed by atoms with Crippen LogP contribution in [0.1, 0.15) is 59.8 Å². The number of aliphatic hydroxyl groups is 2. The monoisotopic (exact) mass is 314 g/mol. The van der Waals surface area contributed by atoms with E-state index in [1.807, 2.05) is 0 Å². The van der Waals surface area contributed by atoms with Gasteiger partial charge in [-0.3, -0.25) is 0 Å². The molecule has 0 aromatic heterocycles. The van der Waals surface area contributed by atoms with Gasteiger partial charge in [0.25, 0.3) is 0 Å². The van der Waals surface area contributed by atoms with Crippen molar-refractivity contribution in [1.82, 2.24) is 0 Å². The number of esters is 1. The fourth-order valence-corrected chi connectivity index (χ4v) is 2.58. The SMILES string of the molecule is CCCCCC[C@](C)(OC)[C@H](O)C1=CC(O)(C(C)C)OC1=O. The molecule has 0 saturated heterocycles. The minimum absolute atomic E-state index is 0.0797. The van der Waals surface area contributed by atoms with E-state index in [2.05, 4.69) is 6.92 Å². The Morgan fingerprint density at radius 3 is 2.45 bits per heavy atom. The molecule has 2 N–H and O–H groups in total. The summed E-state index contributed by atoms with van der Waals surface area (Å²) in [6, 6.07) is 0. The van der Waals surface area contributed by atoms with E-state index in [0.717, 1.165) is 25.7 Å². The third kappa shape index (κ3) is 4.09. The van der Waals surface area contributed by atoms with Gasteiger partial charge in [-0.05, 0) is 13.3 Å². The highest BCUT2D eigenvalue weighted by atomic mass is 16.7. The molecule has 5 nitrogen and oxygen atoms in total. The Labute approximate surface area is 133 Å². The molecule has 128 valence electrons. The molecule has 0 aromatic carbocycles. The summed E-state index contributed by atoms with van der Waals surface area (Å²) in [6.45, 7) is 7.42. The van der Waals surface area contributed by atoms with Gasteiger partial charge in [0.15, 0.2) is 0 Å². The molecule has 0 fully saturated rings. The third-order valence-electron chi connectivity index (χ3n) is 4.55. The Morgan fingerprint density at radius 1 is 1.36 bits per heavy atom. The van der Waals surface area contributed by atoms with Gasteiger partial charge in [-0.1, -0.05) is 46.5 Å². The first-order chi connectivity index (χ1) is 10.2. The van der Waals surface area contributed by atoms with Gasteiger partial charge in [0, 0.05) is 19.1 Å². The Balaban J connectivity index is 2.86. The van der Waals surface area contributed by atoms with Crippen molar-refractivity contribution in [3.63, 3.8) is 0 Å². The van der Waals surface area contributed by atoms with Crippen LogP contribution in [-0.2, 0) is 14.3 Å². The molecule has 1 unspecified atom stereocenters. The minimum Gasteiger partial charge on any atom is -0.426 e. The molecule has 5 heteroatoms. The highest BCUT2D eigenvalue weighted by Crippen LogP contribution is 2.35. The molecule has 22 heavy (non-hydrogen) atoms. The molecule has 0 aromatic rings. The van der Waals surface area contributed by atoms with Crippen LogP contribution in [0.5, 0.6) is 0 Å². The zero-order valence-electron chi connectivity index (χ0n) is 14.4. The van der Waals surface area contributed by atoms with E-state index in [-0.39, 0.29) is 11.5 Å². The number of hydrogen-bond acceptors (Lipinski definition) is 5. The van der Waals surface area contributed by atoms with Crippen LogP contribution in [0.15, 0.2) is 11.6 Å². The number of cyclic esters (lactones) is 1. The molecule has 0 amide bonds. The summed E-state index contributed by atoms with van der Waals surface area (Å²) in [4.78, 5) is 12.0. The van der Waals surface area contributed by atoms with Gasteiger partial charge in [0.1, 0.15) is 6.10 Å². The van der Waals surface area contributed by atoms with Gasteiger partial charge in [-0.2, -0.15) is 0 Å². The minimum atomic E-state index is -1.65. The maximum Gasteiger partial charge on any atom is 0.339 e. The normalized spacial score (nSPS) is 25.8. The number of rotatable bonds is 9. The smallest absolute Gasteiger partial charge is 0.339 e. The zero-order chi connectivity index (χ0) is 17.0. The van der Waals surface area contributed by atoms with Gasteiger partial charge in [0.05, 0.1) is 11.2 Å². The van der Waals surface area contributed by atoms with Crippen LogP contribution in [0.25, 0.3) is 0 Å². The molecule has 3 atom stereocenters. The molecule has 0 radical (unpaired) electrons. The summed E-state index contributed by atoms with van der Waals surface area (Å²) >= 11 is 0. The fourth-order valence-electron chi connectivity index (χ4n) is 2.58. The lowest BCUT2D eigenvalue weighted by Gasteiger charge is -2.33. The van der Waals surface area contributed by atoms with Gasteiger partial charge in [-0.15, -0.1) is 0 Å². The van der Waals surface area contributed by atoms with E-state index < -0.39 is 23.5 Å². The number of unbranched alkanes of at least 4 members (excludes halogenated alkanes) is 3. The first kappa shape index (κ1) is 19.1. The largest absolute Gasteiger partial charge is 0.426 e. The van der Waals surface area contributed by atoms with Crippen molar-refractivity contribution in [2.24, 2.45) is 5.92 Å². The molecule has 0 saturated carbocycles. The number of aliphatic hydroxyl groups excluding tert-OH is 1. The van der Waals surface area contributed by atoms with Gasteiger partial charge >= 0.3 is 5.97 Å². The van der Waals surface area contributed by atoms with Crippen molar-refractivity contribution in [2.75, 3.05) is 7.11 Å². The van der Waals surface area contributed by atoms with Crippen LogP contribution in [-0.4, -0.2) is 40.8 Å². The summed E-state index contributed by atoms with van der Waals surface area (Å²) in [5.74, 6) is -2.62. The van der Waals surface area contributed by atoms with Gasteiger partial charge in [0.2, 0.25) is 5.79 Å². The number of carbonyl (C=O) groups is 1. The summed E-state index contributed by atoms with van der Waals surface area (Å²) in [7, 11) is 1.53. The molecule has 0 spiro atoms. The highest BCUT2D eigenvalue weighted by molar-refractivity contribution is 5.92. The topological polar surface area (TPSA) is 76.0 Å². The maximum atomic E-state index is 12.0. The summed E-state index contributed by atoms with van der Waals surface area (Å²) in [5, 5.41) is 20.9. The lowest BCUT2D eigenvalue weighted by molar-refractivity contribution is -0.192. The number of carbonyl (C=O) groups excluding carboxylic acids is 1. The molecule has 1 aliphatic heterocycles. The standard InChI is InChI=1S/C17H30O5/c1-6-7-8-9-10-16(4,21-5)14(18)13-11-17(20,12(2)3)22-15(13)19/h11-12,14,18,20H,6-10H2,1-5H3/t14-,16+,17?/m1/s1.